The predicted molar refractivity (Wildman–Crippen MR) is 84.7 cm³/mol. The van der Waals surface area contributed by atoms with E-state index in [2.05, 4.69) is 49.7 Å². The van der Waals surface area contributed by atoms with Gasteiger partial charge < -0.3 is 5.32 Å². The number of hydrogen-bond acceptors (Lipinski definition) is 3. The molecule has 114 valence electrons. The minimum absolute atomic E-state index is 0.700. The summed E-state index contributed by atoms with van der Waals surface area (Å²) in [6.45, 7) is 18.9. The Labute approximate surface area is 120 Å². The van der Waals surface area contributed by atoms with E-state index < -0.39 is 0 Å². The lowest BCUT2D eigenvalue weighted by atomic mass is 10.0. The van der Waals surface area contributed by atoms with Crippen molar-refractivity contribution in [3.63, 3.8) is 0 Å². The first-order chi connectivity index (χ1) is 9.10. The summed E-state index contributed by atoms with van der Waals surface area (Å²) in [5, 5.41) is 3.60. The van der Waals surface area contributed by atoms with E-state index in [1.165, 1.54) is 39.0 Å². The molecule has 1 aliphatic rings. The van der Waals surface area contributed by atoms with Crippen LogP contribution in [0.4, 0.5) is 0 Å². The van der Waals surface area contributed by atoms with E-state index in [0.29, 0.717) is 6.04 Å². The third kappa shape index (κ3) is 5.41. The molecule has 0 spiro atoms. The standard InChI is InChI=1S/C16H35N3/c1-6-8-17-13-16(14(3)4)19-11-9-18(10-12-19)15(5)7-2/h14-17H,6-13H2,1-5H3. The lowest BCUT2D eigenvalue weighted by Crippen LogP contribution is -2.56. The maximum atomic E-state index is 3.60. The summed E-state index contributed by atoms with van der Waals surface area (Å²) in [7, 11) is 0. The molecule has 1 rings (SSSR count). The maximum absolute atomic E-state index is 3.60. The third-order valence-electron chi connectivity index (χ3n) is 4.58. The van der Waals surface area contributed by atoms with Crippen LogP contribution < -0.4 is 5.32 Å². The Balaban J connectivity index is 2.41. The second-order valence-electron chi connectivity index (χ2n) is 6.34. The van der Waals surface area contributed by atoms with Crippen molar-refractivity contribution in [2.24, 2.45) is 5.92 Å². The van der Waals surface area contributed by atoms with Gasteiger partial charge in [0.1, 0.15) is 0 Å². The van der Waals surface area contributed by atoms with Crippen LogP contribution in [0.1, 0.15) is 47.5 Å². The highest BCUT2D eigenvalue weighted by molar-refractivity contribution is 4.83. The van der Waals surface area contributed by atoms with Gasteiger partial charge in [0.15, 0.2) is 0 Å². The van der Waals surface area contributed by atoms with Crippen LogP contribution in [0.2, 0.25) is 0 Å². The summed E-state index contributed by atoms with van der Waals surface area (Å²) < 4.78 is 0. The Kier molecular flexibility index (Phi) is 7.96. The average Bonchev–Trinajstić information content (AvgIpc) is 2.42. The molecule has 0 aliphatic carbocycles. The third-order valence-corrected chi connectivity index (χ3v) is 4.58. The molecule has 0 radical (unpaired) electrons. The fourth-order valence-corrected chi connectivity index (χ4v) is 2.98. The van der Waals surface area contributed by atoms with Gasteiger partial charge in [-0.1, -0.05) is 27.7 Å². The molecule has 2 atom stereocenters. The highest BCUT2D eigenvalue weighted by Gasteiger charge is 2.26. The molecule has 1 heterocycles. The van der Waals surface area contributed by atoms with Crippen molar-refractivity contribution in [3.05, 3.63) is 0 Å². The number of piperazine rings is 1. The quantitative estimate of drug-likeness (QED) is 0.683. The number of hydrogen-bond donors (Lipinski definition) is 1. The van der Waals surface area contributed by atoms with Gasteiger partial charge in [-0.3, -0.25) is 9.80 Å². The molecule has 0 bridgehead atoms. The zero-order valence-electron chi connectivity index (χ0n) is 13.8. The number of nitrogens with zero attached hydrogens (tertiary/aromatic N) is 2. The zero-order chi connectivity index (χ0) is 14.3. The van der Waals surface area contributed by atoms with E-state index in [0.717, 1.165) is 25.0 Å². The van der Waals surface area contributed by atoms with Crippen molar-refractivity contribution in [2.45, 2.75) is 59.5 Å². The van der Waals surface area contributed by atoms with Gasteiger partial charge in [-0.2, -0.15) is 0 Å². The van der Waals surface area contributed by atoms with Crippen molar-refractivity contribution < 1.29 is 0 Å². The van der Waals surface area contributed by atoms with Crippen LogP contribution in [-0.2, 0) is 0 Å². The summed E-state index contributed by atoms with van der Waals surface area (Å²) in [6.07, 6.45) is 2.50. The number of rotatable bonds is 8. The summed E-state index contributed by atoms with van der Waals surface area (Å²) in [4.78, 5) is 5.35. The lowest BCUT2D eigenvalue weighted by Gasteiger charge is -2.42. The van der Waals surface area contributed by atoms with Gasteiger partial charge in [0, 0.05) is 44.8 Å². The van der Waals surface area contributed by atoms with E-state index in [1.807, 2.05) is 0 Å². The van der Waals surface area contributed by atoms with Gasteiger partial charge >= 0.3 is 0 Å². The highest BCUT2D eigenvalue weighted by atomic mass is 15.3. The van der Waals surface area contributed by atoms with Crippen LogP contribution in [0.5, 0.6) is 0 Å². The first kappa shape index (κ1) is 16.9. The summed E-state index contributed by atoms with van der Waals surface area (Å²) >= 11 is 0. The van der Waals surface area contributed by atoms with Crippen molar-refractivity contribution in [1.82, 2.24) is 15.1 Å². The minimum Gasteiger partial charge on any atom is -0.315 e. The molecule has 0 aromatic rings. The van der Waals surface area contributed by atoms with Crippen LogP contribution >= 0.6 is 0 Å². The molecule has 1 saturated heterocycles. The van der Waals surface area contributed by atoms with Crippen molar-refractivity contribution in [1.29, 1.82) is 0 Å². The first-order valence-corrected chi connectivity index (χ1v) is 8.28. The van der Waals surface area contributed by atoms with Crippen molar-refractivity contribution >= 4 is 0 Å². The summed E-state index contributed by atoms with van der Waals surface area (Å²) in [5.74, 6) is 0.736. The van der Waals surface area contributed by atoms with Crippen LogP contribution in [0, 0.1) is 5.92 Å². The molecule has 19 heavy (non-hydrogen) atoms. The van der Waals surface area contributed by atoms with Crippen molar-refractivity contribution in [3.8, 4) is 0 Å². The van der Waals surface area contributed by atoms with Gasteiger partial charge in [0.25, 0.3) is 0 Å². The van der Waals surface area contributed by atoms with Crippen molar-refractivity contribution in [2.75, 3.05) is 39.3 Å². The molecule has 1 fully saturated rings. The molecule has 2 unspecified atom stereocenters. The van der Waals surface area contributed by atoms with Crippen LogP contribution in [0.3, 0.4) is 0 Å². The minimum atomic E-state index is 0.700. The SMILES string of the molecule is CCCNCC(C(C)C)N1CCN(C(C)CC)CC1. The Morgan fingerprint density at radius 2 is 1.53 bits per heavy atom. The molecule has 1 aliphatic heterocycles. The van der Waals surface area contributed by atoms with Crippen LogP contribution in [0.15, 0.2) is 0 Å². The molecule has 0 saturated carbocycles. The fraction of sp³-hybridized carbons (Fsp3) is 1.00. The summed E-state index contributed by atoms with van der Waals surface area (Å²) in [6, 6.07) is 1.45. The predicted octanol–water partition coefficient (Wildman–Crippen LogP) is 2.43. The fourth-order valence-electron chi connectivity index (χ4n) is 2.98. The lowest BCUT2D eigenvalue weighted by molar-refractivity contribution is 0.0570. The zero-order valence-corrected chi connectivity index (χ0v) is 13.8. The first-order valence-electron chi connectivity index (χ1n) is 8.28. The molecule has 3 heteroatoms. The second kappa shape index (κ2) is 8.93. The van der Waals surface area contributed by atoms with Gasteiger partial charge in [0.05, 0.1) is 0 Å². The summed E-state index contributed by atoms with van der Waals surface area (Å²) in [5.41, 5.74) is 0. The molecule has 1 N–H and O–H groups in total. The monoisotopic (exact) mass is 269 g/mol. The van der Waals surface area contributed by atoms with E-state index in [4.69, 9.17) is 0 Å². The van der Waals surface area contributed by atoms with E-state index >= 15 is 0 Å². The van der Waals surface area contributed by atoms with E-state index in [-0.39, 0.29) is 0 Å². The molecule has 0 amide bonds. The molecular formula is C16H35N3. The van der Waals surface area contributed by atoms with E-state index in [9.17, 15) is 0 Å². The highest BCUT2D eigenvalue weighted by Crippen LogP contribution is 2.15. The smallest absolute Gasteiger partial charge is 0.0244 e. The molecular weight excluding hydrogens is 234 g/mol. The topological polar surface area (TPSA) is 18.5 Å². The Morgan fingerprint density at radius 3 is 2.00 bits per heavy atom. The van der Waals surface area contributed by atoms with Gasteiger partial charge in [0.2, 0.25) is 0 Å². The largest absolute Gasteiger partial charge is 0.315 e. The normalized spacial score (nSPS) is 21.8. The number of nitrogens with one attached hydrogen (secondary N) is 1. The Hall–Kier alpha value is -0.120. The van der Waals surface area contributed by atoms with E-state index in [1.54, 1.807) is 0 Å². The Morgan fingerprint density at radius 1 is 0.947 bits per heavy atom. The second-order valence-corrected chi connectivity index (χ2v) is 6.34. The molecule has 3 nitrogen and oxygen atoms in total. The Bertz CT molecular complexity index is 222. The molecule has 0 aromatic heterocycles. The van der Waals surface area contributed by atoms with Gasteiger partial charge in [-0.15, -0.1) is 0 Å². The molecule has 0 aromatic carbocycles. The van der Waals surface area contributed by atoms with Gasteiger partial charge in [-0.05, 0) is 32.2 Å². The van der Waals surface area contributed by atoms with Gasteiger partial charge in [-0.25, -0.2) is 0 Å². The van der Waals surface area contributed by atoms with Crippen LogP contribution in [0.25, 0.3) is 0 Å². The van der Waals surface area contributed by atoms with Crippen LogP contribution in [-0.4, -0.2) is 61.2 Å². The maximum Gasteiger partial charge on any atom is 0.0244 e. The average molecular weight is 269 g/mol.